The number of aryl methyl sites for hydroxylation is 1. The summed E-state index contributed by atoms with van der Waals surface area (Å²) < 4.78 is 12.5. The molecule has 1 N–H and O–H groups in total. The number of rotatable bonds is 6. The average Bonchev–Trinajstić information content (AvgIpc) is 3.20. The number of hydrogen-bond donors (Lipinski definition) is 1. The Balaban J connectivity index is 1.50. The maximum Gasteiger partial charge on any atom is 0.263 e. The zero-order valence-corrected chi connectivity index (χ0v) is 18.5. The molecule has 8 nitrogen and oxygen atoms in total. The number of hydrogen-bond acceptors (Lipinski definition) is 7. The Kier molecular flexibility index (Phi) is 6.03. The fourth-order valence-corrected chi connectivity index (χ4v) is 4.41. The van der Waals surface area contributed by atoms with Gasteiger partial charge in [0, 0.05) is 10.4 Å². The topological polar surface area (TPSA) is 94.8 Å². The Hall–Kier alpha value is -3.20. The van der Waals surface area contributed by atoms with Gasteiger partial charge in [-0.05, 0) is 44.5 Å². The van der Waals surface area contributed by atoms with E-state index in [9.17, 15) is 9.59 Å². The molecule has 0 radical (unpaired) electrons. The van der Waals surface area contributed by atoms with E-state index in [4.69, 9.17) is 9.47 Å². The van der Waals surface area contributed by atoms with Crippen LogP contribution in [-0.4, -0.2) is 34.4 Å². The van der Waals surface area contributed by atoms with Crippen LogP contribution in [-0.2, 0) is 11.2 Å². The van der Waals surface area contributed by atoms with Crippen LogP contribution < -0.4 is 20.5 Å². The van der Waals surface area contributed by atoms with Crippen molar-refractivity contribution in [3.8, 4) is 11.5 Å². The van der Waals surface area contributed by atoms with Crippen LogP contribution in [0, 0.1) is 0 Å². The minimum Gasteiger partial charge on any atom is -0.486 e. The van der Waals surface area contributed by atoms with Gasteiger partial charge in [-0.15, -0.1) is 11.3 Å². The van der Waals surface area contributed by atoms with E-state index >= 15 is 0 Å². The lowest BCUT2D eigenvalue weighted by Gasteiger charge is -2.18. The van der Waals surface area contributed by atoms with Gasteiger partial charge < -0.3 is 9.47 Å². The molecule has 31 heavy (non-hydrogen) atoms. The summed E-state index contributed by atoms with van der Waals surface area (Å²) in [5.74, 6) is 0.949. The van der Waals surface area contributed by atoms with Crippen molar-refractivity contribution in [1.82, 2.24) is 15.0 Å². The third kappa shape index (κ3) is 4.32. The molecule has 1 atom stereocenters. The van der Waals surface area contributed by atoms with Gasteiger partial charge in [-0.25, -0.2) is 10.4 Å². The van der Waals surface area contributed by atoms with E-state index in [-0.39, 0.29) is 5.56 Å². The first-order chi connectivity index (χ1) is 15.0. The molecule has 0 saturated heterocycles. The Labute approximate surface area is 183 Å². The van der Waals surface area contributed by atoms with Crippen LogP contribution in [0.1, 0.15) is 43.7 Å². The van der Waals surface area contributed by atoms with E-state index in [1.54, 1.807) is 13.8 Å². The zero-order chi connectivity index (χ0) is 22.0. The van der Waals surface area contributed by atoms with Gasteiger partial charge in [0.2, 0.25) is 0 Å². The highest BCUT2D eigenvalue weighted by molar-refractivity contribution is 7.18. The molecule has 162 valence electrons. The molecular weight excluding hydrogens is 416 g/mol. The largest absolute Gasteiger partial charge is 0.486 e. The molecule has 3 heterocycles. The van der Waals surface area contributed by atoms with Gasteiger partial charge in [0.25, 0.3) is 11.5 Å². The molecule has 0 aliphatic carbocycles. The van der Waals surface area contributed by atoms with E-state index in [1.807, 2.05) is 24.3 Å². The molecular formula is C22H24N4O4S. The number of ether oxygens (including phenoxy) is 2. The fourth-order valence-electron chi connectivity index (χ4n) is 3.32. The lowest BCUT2D eigenvalue weighted by molar-refractivity contribution is -0.123. The van der Waals surface area contributed by atoms with Crippen LogP contribution >= 0.6 is 11.3 Å². The zero-order valence-electron chi connectivity index (χ0n) is 17.7. The van der Waals surface area contributed by atoms with Crippen molar-refractivity contribution in [3.63, 3.8) is 0 Å². The number of nitrogens with one attached hydrogen (secondary N) is 1. The minimum atomic E-state index is -0.754. The van der Waals surface area contributed by atoms with E-state index in [0.29, 0.717) is 40.6 Å². The normalized spacial score (nSPS) is 14.5. The SMILES string of the molecule is CCCc1cc2c(=O)n([C@H](C)C(=O)N/N=C(\C)c3ccc4c(c3)OCCO4)cnc2s1. The van der Waals surface area contributed by atoms with Crippen molar-refractivity contribution < 1.29 is 14.3 Å². The standard InChI is InChI=1S/C22H24N4O4S/c1-4-5-16-11-17-21(31-16)23-12-26(22(17)28)14(3)20(27)25-24-13(2)15-6-7-18-19(10-15)30-9-8-29-18/h6-7,10-12,14H,4-5,8-9H2,1-3H3,(H,25,27)/b24-13+/t14-/m1/s1. The number of amides is 1. The predicted molar refractivity (Wildman–Crippen MR) is 120 cm³/mol. The number of carbonyl (C=O) groups excluding carboxylic acids is 1. The summed E-state index contributed by atoms with van der Waals surface area (Å²) in [6.07, 6.45) is 3.34. The number of hydrazone groups is 1. The highest BCUT2D eigenvalue weighted by Crippen LogP contribution is 2.30. The van der Waals surface area contributed by atoms with Crippen LogP contribution in [0.3, 0.4) is 0 Å². The fraction of sp³-hybridized carbons (Fsp3) is 0.364. The van der Waals surface area contributed by atoms with Gasteiger partial charge >= 0.3 is 0 Å². The molecule has 0 saturated carbocycles. The molecule has 0 spiro atoms. The average molecular weight is 441 g/mol. The van der Waals surface area contributed by atoms with Gasteiger partial charge in [-0.3, -0.25) is 14.2 Å². The number of thiophene rings is 1. The number of carbonyl (C=O) groups is 1. The molecule has 2 aromatic heterocycles. The van der Waals surface area contributed by atoms with Crippen molar-refractivity contribution >= 4 is 33.2 Å². The smallest absolute Gasteiger partial charge is 0.263 e. The number of fused-ring (bicyclic) bond motifs is 2. The number of nitrogens with zero attached hydrogens (tertiary/aromatic N) is 3. The second-order valence-electron chi connectivity index (χ2n) is 7.35. The van der Waals surface area contributed by atoms with Crippen LogP contribution in [0.4, 0.5) is 0 Å². The van der Waals surface area contributed by atoms with Crippen molar-refractivity contribution in [2.75, 3.05) is 13.2 Å². The molecule has 1 aliphatic rings. The summed E-state index contributed by atoms with van der Waals surface area (Å²) in [7, 11) is 0. The summed E-state index contributed by atoms with van der Waals surface area (Å²) >= 11 is 1.52. The highest BCUT2D eigenvalue weighted by atomic mass is 32.1. The first-order valence-electron chi connectivity index (χ1n) is 10.2. The second-order valence-corrected chi connectivity index (χ2v) is 8.46. The molecule has 0 unspecified atom stereocenters. The van der Waals surface area contributed by atoms with Gasteiger partial charge in [0.15, 0.2) is 11.5 Å². The Morgan fingerprint density at radius 3 is 2.84 bits per heavy atom. The van der Waals surface area contributed by atoms with E-state index in [1.165, 1.54) is 22.2 Å². The third-order valence-electron chi connectivity index (χ3n) is 5.11. The number of benzene rings is 1. The molecule has 1 aliphatic heterocycles. The molecule has 0 fully saturated rings. The minimum absolute atomic E-state index is 0.223. The van der Waals surface area contributed by atoms with Crippen molar-refractivity contribution in [2.45, 2.75) is 39.7 Å². The van der Waals surface area contributed by atoms with E-state index < -0.39 is 11.9 Å². The number of aromatic nitrogens is 2. The van der Waals surface area contributed by atoms with Gasteiger partial charge in [0.1, 0.15) is 24.1 Å². The summed E-state index contributed by atoms with van der Waals surface area (Å²) in [5, 5.41) is 4.75. The van der Waals surface area contributed by atoms with Crippen molar-refractivity contribution in [2.24, 2.45) is 5.10 Å². The Morgan fingerprint density at radius 1 is 1.29 bits per heavy atom. The van der Waals surface area contributed by atoms with Gasteiger partial charge in [-0.1, -0.05) is 13.3 Å². The predicted octanol–water partition coefficient (Wildman–Crippen LogP) is 3.28. The summed E-state index contributed by atoms with van der Waals surface area (Å²) in [4.78, 5) is 31.7. The summed E-state index contributed by atoms with van der Waals surface area (Å²) in [6, 6.07) is 6.63. The van der Waals surface area contributed by atoms with Crippen LogP contribution in [0.5, 0.6) is 11.5 Å². The van der Waals surface area contributed by atoms with Crippen LogP contribution in [0.25, 0.3) is 10.2 Å². The van der Waals surface area contributed by atoms with Crippen molar-refractivity contribution in [3.05, 3.63) is 51.4 Å². The third-order valence-corrected chi connectivity index (χ3v) is 6.22. The molecule has 0 bridgehead atoms. The molecule has 4 rings (SSSR count). The first-order valence-corrected chi connectivity index (χ1v) is 11.0. The van der Waals surface area contributed by atoms with Crippen LogP contribution in [0.2, 0.25) is 0 Å². The highest BCUT2D eigenvalue weighted by Gasteiger charge is 2.19. The molecule has 9 heteroatoms. The lowest BCUT2D eigenvalue weighted by atomic mass is 10.1. The van der Waals surface area contributed by atoms with E-state index in [0.717, 1.165) is 23.3 Å². The molecule has 1 aromatic carbocycles. The summed E-state index contributed by atoms with van der Waals surface area (Å²) in [6.45, 7) is 6.56. The maximum absolute atomic E-state index is 12.9. The van der Waals surface area contributed by atoms with Crippen LogP contribution in [0.15, 0.2) is 40.5 Å². The maximum atomic E-state index is 12.9. The lowest BCUT2D eigenvalue weighted by Crippen LogP contribution is -2.34. The quantitative estimate of drug-likeness (QED) is 0.469. The van der Waals surface area contributed by atoms with Gasteiger partial charge in [-0.2, -0.15) is 5.10 Å². The Bertz CT molecular complexity index is 1210. The van der Waals surface area contributed by atoms with Gasteiger partial charge in [0.05, 0.1) is 17.4 Å². The molecule has 1 amide bonds. The molecule has 3 aromatic rings. The first kappa shape index (κ1) is 21.0. The summed E-state index contributed by atoms with van der Waals surface area (Å²) in [5.41, 5.74) is 3.75. The Morgan fingerprint density at radius 2 is 2.06 bits per heavy atom. The monoisotopic (exact) mass is 440 g/mol. The van der Waals surface area contributed by atoms with Crippen molar-refractivity contribution in [1.29, 1.82) is 0 Å². The second kappa shape index (κ2) is 8.89. The van der Waals surface area contributed by atoms with E-state index in [2.05, 4.69) is 22.4 Å².